The van der Waals surface area contributed by atoms with E-state index in [-0.39, 0.29) is 0 Å². The third-order valence-corrected chi connectivity index (χ3v) is 3.39. The van der Waals surface area contributed by atoms with E-state index < -0.39 is 0 Å². The number of amidine groups is 1. The number of fused-ring (bicyclic) bond motifs is 1. The van der Waals surface area contributed by atoms with Gasteiger partial charge in [-0.05, 0) is 23.8 Å². The second-order valence-electron chi connectivity index (χ2n) is 3.48. The van der Waals surface area contributed by atoms with Gasteiger partial charge in [0.25, 0.3) is 0 Å². The second-order valence-corrected chi connectivity index (χ2v) is 4.91. The first kappa shape index (κ1) is 10.0. The fourth-order valence-electron chi connectivity index (χ4n) is 1.69. The number of nitrogens with one attached hydrogen (secondary N) is 2. The first-order valence-corrected chi connectivity index (χ1v) is 6.27. The number of rotatable bonds is 2. The van der Waals surface area contributed by atoms with Gasteiger partial charge in [0.05, 0.1) is 0 Å². The van der Waals surface area contributed by atoms with Crippen LogP contribution in [0.15, 0.2) is 34.0 Å². The lowest BCUT2D eigenvalue weighted by Crippen LogP contribution is -2.13. The second kappa shape index (κ2) is 4.03. The van der Waals surface area contributed by atoms with E-state index in [1.54, 1.807) is 0 Å². The highest BCUT2D eigenvalue weighted by atomic mass is 79.9. The Balaban J connectivity index is 1.99. The highest BCUT2D eigenvalue weighted by Gasteiger charge is 2.12. The van der Waals surface area contributed by atoms with Crippen LogP contribution in [0, 0.1) is 0 Å². The maximum atomic E-state index is 4.82. The van der Waals surface area contributed by atoms with E-state index in [4.69, 9.17) is 4.28 Å². The minimum absolute atomic E-state index is 0.740. The number of H-pyrrole nitrogens is 1. The molecule has 0 bridgehead atoms. The number of aromatic amines is 1. The number of oxime groups is 1. The van der Waals surface area contributed by atoms with Crippen molar-refractivity contribution in [1.82, 2.24) is 9.71 Å². The molecule has 0 aliphatic carbocycles. The van der Waals surface area contributed by atoms with Crippen LogP contribution in [0.2, 0.25) is 0 Å². The van der Waals surface area contributed by atoms with Crippen molar-refractivity contribution < 1.29 is 4.28 Å². The third-order valence-electron chi connectivity index (χ3n) is 2.43. The van der Waals surface area contributed by atoms with Crippen LogP contribution in [0.3, 0.4) is 0 Å². The number of nitrogens with zero attached hydrogens (tertiary/aromatic N) is 1. The SMILES string of the molecule is Brc1ccc2[nH]cc(CC3=NOSN3)c2c1. The van der Waals surface area contributed by atoms with Gasteiger partial charge in [-0.3, -0.25) is 9.01 Å². The minimum atomic E-state index is 0.740. The highest BCUT2D eigenvalue weighted by Crippen LogP contribution is 2.23. The molecule has 2 aromatic rings. The van der Waals surface area contributed by atoms with Crippen molar-refractivity contribution in [2.24, 2.45) is 5.16 Å². The summed E-state index contributed by atoms with van der Waals surface area (Å²) in [5.74, 6) is 0.839. The van der Waals surface area contributed by atoms with Crippen molar-refractivity contribution in [2.75, 3.05) is 0 Å². The first-order valence-electron chi connectivity index (χ1n) is 4.74. The van der Waals surface area contributed by atoms with E-state index in [0.29, 0.717) is 0 Å². The van der Waals surface area contributed by atoms with E-state index in [1.807, 2.05) is 12.3 Å². The Hall–Kier alpha value is -1.14. The largest absolute Gasteiger partial charge is 0.361 e. The molecule has 0 saturated heterocycles. The lowest BCUT2D eigenvalue weighted by atomic mass is 10.1. The Bertz CT molecular complexity index is 566. The van der Waals surface area contributed by atoms with Gasteiger partial charge in [-0.25, -0.2) is 0 Å². The quantitative estimate of drug-likeness (QED) is 0.662. The molecule has 3 rings (SSSR count). The Morgan fingerprint density at radius 3 is 3.19 bits per heavy atom. The van der Waals surface area contributed by atoms with Crippen molar-refractivity contribution in [3.8, 4) is 0 Å². The molecule has 0 saturated carbocycles. The van der Waals surface area contributed by atoms with Crippen LogP contribution < -0.4 is 4.72 Å². The summed E-state index contributed by atoms with van der Waals surface area (Å²) in [5, 5.41) is 5.09. The summed E-state index contributed by atoms with van der Waals surface area (Å²) in [4.78, 5) is 3.24. The van der Waals surface area contributed by atoms with Gasteiger partial charge in [-0.2, -0.15) is 0 Å². The zero-order valence-electron chi connectivity index (χ0n) is 8.16. The van der Waals surface area contributed by atoms with Crippen molar-refractivity contribution in [3.05, 3.63) is 34.4 Å². The average molecular weight is 298 g/mol. The zero-order chi connectivity index (χ0) is 11.0. The molecule has 0 amide bonds. The first-order chi connectivity index (χ1) is 7.83. The fraction of sp³-hybridized carbons (Fsp3) is 0.100. The number of halogens is 1. The summed E-state index contributed by atoms with van der Waals surface area (Å²) in [7, 11) is 0. The van der Waals surface area contributed by atoms with Gasteiger partial charge in [0.2, 0.25) is 12.2 Å². The van der Waals surface area contributed by atoms with E-state index in [2.05, 4.69) is 42.9 Å². The monoisotopic (exact) mass is 297 g/mol. The molecule has 0 radical (unpaired) electrons. The van der Waals surface area contributed by atoms with Crippen molar-refractivity contribution in [1.29, 1.82) is 0 Å². The fourth-order valence-corrected chi connectivity index (χ4v) is 2.43. The van der Waals surface area contributed by atoms with Gasteiger partial charge in [0.15, 0.2) is 5.84 Å². The van der Waals surface area contributed by atoms with Gasteiger partial charge in [-0.15, -0.1) is 0 Å². The van der Waals surface area contributed by atoms with Gasteiger partial charge < -0.3 is 4.98 Å². The summed E-state index contributed by atoms with van der Waals surface area (Å²) in [5.41, 5.74) is 2.33. The normalized spacial score (nSPS) is 14.7. The van der Waals surface area contributed by atoms with Crippen LogP contribution >= 0.6 is 28.2 Å². The number of hydrogen-bond donors (Lipinski definition) is 2. The topological polar surface area (TPSA) is 49.4 Å². The molecule has 1 aliphatic heterocycles. The third kappa shape index (κ3) is 1.78. The van der Waals surface area contributed by atoms with E-state index in [0.717, 1.165) is 34.5 Å². The number of hydrogen-bond acceptors (Lipinski definition) is 4. The molecule has 6 heteroatoms. The maximum absolute atomic E-state index is 4.82. The molecule has 2 heterocycles. The predicted octanol–water partition coefficient (Wildman–Crippen LogP) is 2.97. The molecule has 4 nitrogen and oxygen atoms in total. The Morgan fingerprint density at radius 2 is 2.38 bits per heavy atom. The van der Waals surface area contributed by atoms with Crippen LogP contribution in [-0.4, -0.2) is 10.8 Å². The van der Waals surface area contributed by atoms with E-state index in [1.165, 1.54) is 10.9 Å². The Kier molecular flexibility index (Phi) is 2.53. The molecular formula is C10H8BrN3OS. The molecule has 2 N–H and O–H groups in total. The summed E-state index contributed by atoms with van der Waals surface area (Å²) in [6.45, 7) is 0. The molecule has 1 aromatic heterocycles. The van der Waals surface area contributed by atoms with Crippen molar-refractivity contribution in [3.63, 3.8) is 0 Å². The standard InChI is InChI=1S/C10H8BrN3OS/c11-7-1-2-9-8(4-7)6(5-12-9)3-10-13-15-16-14-10/h1-2,4-5,12H,3H2,(H,13,14). The van der Waals surface area contributed by atoms with Gasteiger partial charge >= 0.3 is 0 Å². The van der Waals surface area contributed by atoms with Crippen LogP contribution in [0.1, 0.15) is 5.56 Å². The molecule has 0 fully saturated rings. The van der Waals surface area contributed by atoms with Crippen LogP contribution in [0.25, 0.3) is 10.9 Å². The van der Waals surface area contributed by atoms with Gasteiger partial charge in [0.1, 0.15) is 0 Å². The molecule has 1 aromatic carbocycles. The molecule has 82 valence electrons. The summed E-state index contributed by atoms with van der Waals surface area (Å²) in [6.07, 6.45) is 2.74. The van der Waals surface area contributed by atoms with Crippen molar-refractivity contribution in [2.45, 2.75) is 6.42 Å². The molecule has 0 spiro atoms. The highest BCUT2D eigenvalue weighted by molar-refractivity contribution is 9.10. The van der Waals surface area contributed by atoms with Crippen LogP contribution in [0.4, 0.5) is 0 Å². The zero-order valence-corrected chi connectivity index (χ0v) is 10.6. The average Bonchev–Trinajstić information content (AvgIpc) is 2.90. The predicted molar refractivity (Wildman–Crippen MR) is 68.9 cm³/mol. The number of benzene rings is 1. The summed E-state index contributed by atoms with van der Waals surface area (Å²) >= 11 is 4.61. The molecule has 0 unspecified atom stereocenters. The Labute approximate surface area is 105 Å². The molecule has 0 atom stereocenters. The summed E-state index contributed by atoms with van der Waals surface area (Å²) in [6, 6.07) is 6.18. The van der Waals surface area contributed by atoms with Gasteiger partial charge in [-0.1, -0.05) is 21.1 Å². The van der Waals surface area contributed by atoms with Crippen LogP contribution in [0.5, 0.6) is 0 Å². The molecular weight excluding hydrogens is 290 g/mol. The Morgan fingerprint density at radius 1 is 1.44 bits per heavy atom. The lowest BCUT2D eigenvalue weighted by molar-refractivity contribution is 0.415. The van der Waals surface area contributed by atoms with E-state index >= 15 is 0 Å². The maximum Gasteiger partial charge on any atom is 0.208 e. The summed E-state index contributed by atoms with van der Waals surface area (Å²) < 4.78 is 8.89. The smallest absolute Gasteiger partial charge is 0.208 e. The van der Waals surface area contributed by atoms with E-state index in [9.17, 15) is 0 Å². The minimum Gasteiger partial charge on any atom is -0.361 e. The van der Waals surface area contributed by atoms with Crippen molar-refractivity contribution >= 4 is 44.9 Å². The molecule has 16 heavy (non-hydrogen) atoms. The lowest BCUT2D eigenvalue weighted by Gasteiger charge is -1.98. The van der Waals surface area contributed by atoms with Crippen LogP contribution in [-0.2, 0) is 10.7 Å². The van der Waals surface area contributed by atoms with Gasteiger partial charge in [0, 0.05) is 28.0 Å². The molecule has 1 aliphatic rings. The number of aromatic nitrogens is 1.